The number of aliphatic hydroxyl groups is 1. The van der Waals surface area contributed by atoms with E-state index in [2.05, 4.69) is 6.07 Å². The second-order valence-electron chi connectivity index (χ2n) is 4.33. The van der Waals surface area contributed by atoms with Gasteiger partial charge in [-0.1, -0.05) is 12.1 Å². The van der Waals surface area contributed by atoms with Gasteiger partial charge in [0, 0.05) is 5.56 Å². The van der Waals surface area contributed by atoms with Crippen LogP contribution in [0.15, 0.2) is 18.2 Å². The number of hydrogen-bond donors (Lipinski definition) is 1. The molecule has 1 aromatic carbocycles. The molecule has 0 spiro atoms. The van der Waals surface area contributed by atoms with Crippen molar-refractivity contribution in [3.63, 3.8) is 0 Å². The molecule has 3 heteroatoms. The molecular weight excluding hydrogens is 204 g/mol. The molecule has 0 bridgehead atoms. The van der Waals surface area contributed by atoms with E-state index in [-0.39, 0.29) is 6.10 Å². The standard InChI is InChI=1S/C13H18O3/c1-8(14)10-7-11(10)9-5-4-6-12(15-2)13(9)16-3/h4-6,8,10-11,14H,7H2,1-3H3/t8-,10+,11+/m0/s1. The zero-order valence-corrected chi connectivity index (χ0v) is 9.93. The van der Waals surface area contributed by atoms with Crippen LogP contribution in [-0.4, -0.2) is 25.4 Å². The lowest BCUT2D eigenvalue weighted by atomic mass is 10.1. The molecule has 1 aliphatic rings. The van der Waals surface area contributed by atoms with Crippen LogP contribution < -0.4 is 9.47 Å². The van der Waals surface area contributed by atoms with Crippen molar-refractivity contribution >= 4 is 0 Å². The highest BCUT2D eigenvalue weighted by Crippen LogP contribution is 2.53. The highest BCUT2D eigenvalue weighted by Gasteiger charge is 2.43. The third-order valence-electron chi connectivity index (χ3n) is 3.29. The number of ether oxygens (including phenoxy) is 2. The summed E-state index contributed by atoms with van der Waals surface area (Å²) in [5, 5.41) is 9.54. The molecule has 16 heavy (non-hydrogen) atoms. The van der Waals surface area contributed by atoms with E-state index in [1.165, 1.54) is 0 Å². The largest absolute Gasteiger partial charge is 0.493 e. The van der Waals surface area contributed by atoms with Crippen molar-refractivity contribution in [3.05, 3.63) is 23.8 Å². The second kappa shape index (κ2) is 4.34. The summed E-state index contributed by atoms with van der Waals surface area (Å²) < 4.78 is 10.7. The first-order valence-corrected chi connectivity index (χ1v) is 5.58. The molecule has 0 aliphatic heterocycles. The van der Waals surface area contributed by atoms with Gasteiger partial charge in [-0.2, -0.15) is 0 Å². The van der Waals surface area contributed by atoms with Crippen molar-refractivity contribution in [2.24, 2.45) is 5.92 Å². The Morgan fingerprint density at radius 2 is 2.06 bits per heavy atom. The molecule has 1 aromatic rings. The minimum absolute atomic E-state index is 0.249. The summed E-state index contributed by atoms with van der Waals surface area (Å²) in [5.41, 5.74) is 1.15. The minimum Gasteiger partial charge on any atom is -0.493 e. The summed E-state index contributed by atoms with van der Waals surface area (Å²) in [6.45, 7) is 1.84. The molecular formula is C13H18O3. The van der Waals surface area contributed by atoms with Crippen LogP contribution in [0.1, 0.15) is 24.8 Å². The van der Waals surface area contributed by atoms with Crippen molar-refractivity contribution in [1.29, 1.82) is 0 Å². The Morgan fingerprint density at radius 1 is 1.31 bits per heavy atom. The van der Waals surface area contributed by atoms with Crippen molar-refractivity contribution in [2.45, 2.75) is 25.4 Å². The number of hydrogen-bond acceptors (Lipinski definition) is 3. The molecule has 0 heterocycles. The molecule has 0 aromatic heterocycles. The highest BCUT2D eigenvalue weighted by molar-refractivity contribution is 5.50. The molecule has 2 rings (SSSR count). The molecule has 0 unspecified atom stereocenters. The van der Waals surface area contributed by atoms with Crippen molar-refractivity contribution in [3.8, 4) is 11.5 Å². The van der Waals surface area contributed by atoms with E-state index in [0.29, 0.717) is 11.8 Å². The van der Waals surface area contributed by atoms with Gasteiger partial charge in [0.2, 0.25) is 0 Å². The Bertz CT molecular complexity index is 373. The van der Waals surface area contributed by atoms with Crippen molar-refractivity contribution in [2.75, 3.05) is 14.2 Å². The predicted molar refractivity (Wildman–Crippen MR) is 62.1 cm³/mol. The molecule has 0 saturated heterocycles. The van der Waals surface area contributed by atoms with Gasteiger partial charge >= 0.3 is 0 Å². The molecule has 0 amide bonds. The summed E-state index contributed by atoms with van der Waals surface area (Å²) in [4.78, 5) is 0. The molecule has 1 aliphatic carbocycles. The van der Waals surface area contributed by atoms with Gasteiger partial charge in [-0.15, -0.1) is 0 Å². The Labute approximate surface area is 96.0 Å². The van der Waals surface area contributed by atoms with Gasteiger partial charge < -0.3 is 14.6 Å². The first-order valence-electron chi connectivity index (χ1n) is 5.58. The Hall–Kier alpha value is -1.22. The van der Waals surface area contributed by atoms with E-state index in [1.54, 1.807) is 14.2 Å². The number of methoxy groups -OCH3 is 2. The molecule has 0 radical (unpaired) electrons. The zero-order valence-electron chi connectivity index (χ0n) is 9.93. The van der Waals surface area contributed by atoms with Gasteiger partial charge in [0.1, 0.15) is 0 Å². The van der Waals surface area contributed by atoms with E-state index in [9.17, 15) is 5.11 Å². The normalized spacial score (nSPS) is 25.0. The predicted octanol–water partition coefficient (Wildman–Crippen LogP) is 2.19. The average Bonchev–Trinajstić information content (AvgIpc) is 3.07. The summed E-state index contributed by atoms with van der Waals surface area (Å²) >= 11 is 0. The summed E-state index contributed by atoms with van der Waals surface area (Å²) in [5.74, 6) is 2.33. The lowest BCUT2D eigenvalue weighted by Gasteiger charge is -2.12. The van der Waals surface area contributed by atoms with Crippen LogP contribution in [0.5, 0.6) is 11.5 Å². The molecule has 88 valence electrons. The molecule has 3 nitrogen and oxygen atoms in total. The van der Waals surface area contributed by atoms with E-state index in [4.69, 9.17) is 9.47 Å². The average molecular weight is 222 g/mol. The fourth-order valence-corrected chi connectivity index (χ4v) is 2.31. The Balaban J connectivity index is 2.28. The van der Waals surface area contributed by atoms with Crippen molar-refractivity contribution in [1.82, 2.24) is 0 Å². The van der Waals surface area contributed by atoms with Gasteiger partial charge in [-0.3, -0.25) is 0 Å². The van der Waals surface area contributed by atoms with E-state index >= 15 is 0 Å². The molecule has 1 saturated carbocycles. The summed E-state index contributed by atoms with van der Waals surface area (Å²) in [6, 6.07) is 5.91. The maximum absolute atomic E-state index is 9.54. The Kier molecular flexibility index (Phi) is 3.06. The van der Waals surface area contributed by atoms with Crippen LogP contribution in [0.4, 0.5) is 0 Å². The van der Waals surface area contributed by atoms with Crippen LogP contribution in [0.2, 0.25) is 0 Å². The first-order chi connectivity index (χ1) is 7.69. The summed E-state index contributed by atoms with van der Waals surface area (Å²) in [7, 11) is 3.29. The monoisotopic (exact) mass is 222 g/mol. The van der Waals surface area contributed by atoms with Gasteiger partial charge in [-0.05, 0) is 31.2 Å². The highest BCUT2D eigenvalue weighted by atomic mass is 16.5. The first kappa shape index (κ1) is 11.3. The van der Waals surface area contributed by atoms with Crippen LogP contribution >= 0.6 is 0 Å². The molecule has 1 N–H and O–H groups in total. The maximum Gasteiger partial charge on any atom is 0.164 e. The minimum atomic E-state index is -0.249. The van der Waals surface area contributed by atoms with Crippen LogP contribution in [0, 0.1) is 5.92 Å². The smallest absolute Gasteiger partial charge is 0.164 e. The number of rotatable bonds is 4. The molecule has 3 atom stereocenters. The van der Waals surface area contributed by atoms with E-state index in [1.807, 2.05) is 19.1 Å². The summed E-state index contributed by atoms with van der Waals surface area (Å²) in [6.07, 6.45) is 0.780. The van der Waals surface area contributed by atoms with Gasteiger partial charge in [0.25, 0.3) is 0 Å². The SMILES string of the molecule is COc1cccc([C@H]2C[C@@H]2[C@H](C)O)c1OC. The van der Waals surface area contributed by atoms with Crippen LogP contribution in [0.25, 0.3) is 0 Å². The fraction of sp³-hybridized carbons (Fsp3) is 0.538. The third-order valence-corrected chi connectivity index (χ3v) is 3.29. The maximum atomic E-state index is 9.54. The lowest BCUT2D eigenvalue weighted by Crippen LogP contribution is -2.04. The quantitative estimate of drug-likeness (QED) is 0.848. The zero-order chi connectivity index (χ0) is 11.7. The van der Waals surface area contributed by atoms with Gasteiger partial charge in [-0.25, -0.2) is 0 Å². The van der Waals surface area contributed by atoms with Crippen molar-refractivity contribution < 1.29 is 14.6 Å². The second-order valence-corrected chi connectivity index (χ2v) is 4.33. The number of benzene rings is 1. The lowest BCUT2D eigenvalue weighted by molar-refractivity contribution is 0.168. The third kappa shape index (κ3) is 1.87. The van der Waals surface area contributed by atoms with Crippen LogP contribution in [0.3, 0.4) is 0 Å². The topological polar surface area (TPSA) is 38.7 Å². The Morgan fingerprint density at radius 3 is 2.56 bits per heavy atom. The van der Waals surface area contributed by atoms with Crippen LogP contribution in [-0.2, 0) is 0 Å². The fourth-order valence-electron chi connectivity index (χ4n) is 2.31. The van der Waals surface area contributed by atoms with E-state index in [0.717, 1.165) is 23.5 Å². The molecule has 1 fully saturated rings. The van der Waals surface area contributed by atoms with Gasteiger partial charge in [0.15, 0.2) is 11.5 Å². The number of para-hydroxylation sites is 1. The van der Waals surface area contributed by atoms with Gasteiger partial charge in [0.05, 0.1) is 20.3 Å². The van der Waals surface area contributed by atoms with E-state index < -0.39 is 0 Å². The number of aliphatic hydroxyl groups excluding tert-OH is 1.